The first kappa shape index (κ1) is 17.2. The Labute approximate surface area is 123 Å². The number of rotatable bonds is 3. The van der Waals surface area contributed by atoms with Crippen LogP contribution in [0.4, 0.5) is 0 Å². The Bertz CT molecular complexity index is 415. The van der Waals surface area contributed by atoms with E-state index in [1.807, 2.05) is 10.9 Å². The van der Waals surface area contributed by atoms with Crippen LogP contribution in [0.1, 0.15) is 64.8 Å². The molecule has 0 aromatic carbocycles. The minimum Gasteiger partial charge on any atom is -0.394 e. The zero-order valence-electron chi connectivity index (χ0n) is 13.8. The van der Waals surface area contributed by atoms with Crippen LogP contribution < -0.4 is 0 Å². The topological polar surface area (TPSA) is 47.3 Å². The second kappa shape index (κ2) is 7.23. The highest BCUT2D eigenvalue weighted by molar-refractivity contribution is 5.26. The maximum atomic E-state index is 9.39. The van der Waals surface area contributed by atoms with E-state index in [0.29, 0.717) is 12.5 Å². The van der Waals surface area contributed by atoms with E-state index in [-0.39, 0.29) is 18.2 Å². The van der Waals surface area contributed by atoms with Crippen LogP contribution in [0.2, 0.25) is 0 Å². The Hall–Kier alpha value is -0.870. The van der Waals surface area contributed by atoms with Gasteiger partial charge in [-0.1, -0.05) is 41.0 Å². The Morgan fingerprint density at radius 2 is 2.05 bits per heavy atom. The Kier molecular flexibility index (Phi) is 6.21. The lowest BCUT2D eigenvalue weighted by Crippen LogP contribution is -2.45. The van der Waals surface area contributed by atoms with Gasteiger partial charge in [0.2, 0.25) is 0 Å². The quantitative estimate of drug-likeness (QED) is 0.924. The standard InChI is InChI=1S/C13H22N2O2.C3H8/c1-5-13(9(2)3)12-10(4)6-14-15(12)11(7-16)8-17-13;1-3-2/h6,9,11,16H,5,7-8H2,1-4H3;3H2,1-2H3. The average molecular weight is 282 g/mol. The van der Waals surface area contributed by atoms with Gasteiger partial charge in [0.25, 0.3) is 0 Å². The lowest BCUT2D eigenvalue weighted by molar-refractivity contribution is -0.131. The van der Waals surface area contributed by atoms with E-state index < -0.39 is 0 Å². The average Bonchev–Trinajstić information content (AvgIpc) is 2.81. The van der Waals surface area contributed by atoms with E-state index in [9.17, 15) is 5.11 Å². The van der Waals surface area contributed by atoms with E-state index in [2.05, 4.69) is 46.6 Å². The molecule has 2 heterocycles. The van der Waals surface area contributed by atoms with Crippen molar-refractivity contribution < 1.29 is 9.84 Å². The minimum absolute atomic E-state index is 0.0443. The molecule has 1 aliphatic heterocycles. The summed E-state index contributed by atoms with van der Waals surface area (Å²) in [6, 6.07) is -0.0443. The summed E-state index contributed by atoms with van der Waals surface area (Å²) in [5.74, 6) is 0.390. The molecule has 0 saturated heterocycles. The SMILES string of the molecule is CCC.CCC1(C(C)C)OCC(CO)n2ncc(C)c21. The first-order valence-electron chi connectivity index (χ1n) is 7.77. The molecule has 0 radical (unpaired) electrons. The van der Waals surface area contributed by atoms with Gasteiger partial charge in [-0.15, -0.1) is 0 Å². The summed E-state index contributed by atoms with van der Waals surface area (Å²) in [4.78, 5) is 0. The zero-order chi connectivity index (χ0) is 15.3. The number of aryl methyl sites for hydroxylation is 1. The number of aromatic nitrogens is 2. The molecule has 0 spiro atoms. The van der Waals surface area contributed by atoms with Crippen LogP contribution in [0.5, 0.6) is 0 Å². The van der Waals surface area contributed by atoms with Crippen molar-refractivity contribution in [1.82, 2.24) is 9.78 Å². The van der Waals surface area contributed by atoms with Crippen LogP contribution in [0.3, 0.4) is 0 Å². The molecule has 4 heteroatoms. The minimum atomic E-state index is -0.258. The lowest BCUT2D eigenvalue weighted by atomic mass is 9.81. The maximum absolute atomic E-state index is 9.39. The first-order valence-corrected chi connectivity index (χ1v) is 7.77. The van der Waals surface area contributed by atoms with Gasteiger partial charge >= 0.3 is 0 Å². The summed E-state index contributed by atoms with van der Waals surface area (Å²) >= 11 is 0. The number of aliphatic hydroxyl groups is 1. The van der Waals surface area contributed by atoms with Gasteiger partial charge in [0.1, 0.15) is 5.60 Å². The summed E-state index contributed by atoms with van der Waals surface area (Å²) in [6.07, 6.45) is 4.05. The fourth-order valence-corrected chi connectivity index (χ4v) is 2.88. The largest absolute Gasteiger partial charge is 0.394 e. The molecule has 0 aliphatic carbocycles. The molecule has 1 aromatic rings. The summed E-state index contributed by atoms with van der Waals surface area (Å²) in [5.41, 5.74) is 2.03. The number of nitrogens with zero attached hydrogens (tertiary/aromatic N) is 2. The van der Waals surface area contributed by atoms with Crippen LogP contribution >= 0.6 is 0 Å². The Morgan fingerprint density at radius 3 is 2.50 bits per heavy atom. The van der Waals surface area contributed by atoms with Crippen LogP contribution in [0, 0.1) is 12.8 Å². The smallest absolute Gasteiger partial charge is 0.112 e. The number of hydrogen-bond donors (Lipinski definition) is 1. The molecule has 2 rings (SSSR count). The third kappa shape index (κ3) is 2.91. The van der Waals surface area contributed by atoms with Gasteiger partial charge in [-0.05, 0) is 24.8 Å². The molecule has 0 fully saturated rings. The van der Waals surface area contributed by atoms with Gasteiger partial charge in [-0.3, -0.25) is 4.68 Å². The molecule has 1 aliphatic rings. The van der Waals surface area contributed by atoms with Crippen molar-refractivity contribution in [2.24, 2.45) is 5.92 Å². The molecule has 116 valence electrons. The molecule has 2 atom stereocenters. The zero-order valence-corrected chi connectivity index (χ0v) is 13.8. The lowest BCUT2D eigenvalue weighted by Gasteiger charge is -2.43. The van der Waals surface area contributed by atoms with Crippen molar-refractivity contribution >= 4 is 0 Å². The number of fused-ring (bicyclic) bond motifs is 1. The van der Waals surface area contributed by atoms with E-state index in [1.165, 1.54) is 6.42 Å². The van der Waals surface area contributed by atoms with Gasteiger partial charge in [-0.25, -0.2) is 0 Å². The van der Waals surface area contributed by atoms with Gasteiger partial charge in [0, 0.05) is 0 Å². The van der Waals surface area contributed by atoms with Crippen molar-refractivity contribution in [3.63, 3.8) is 0 Å². The predicted octanol–water partition coefficient (Wildman–Crippen LogP) is 3.43. The molecular weight excluding hydrogens is 252 g/mol. The highest BCUT2D eigenvalue weighted by atomic mass is 16.5. The summed E-state index contributed by atoms with van der Waals surface area (Å²) in [6.45, 7) is 13.4. The van der Waals surface area contributed by atoms with Gasteiger partial charge in [-0.2, -0.15) is 5.10 Å². The number of aliphatic hydroxyl groups excluding tert-OH is 1. The monoisotopic (exact) mass is 282 g/mol. The molecule has 1 N–H and O–H groups in total. The number of hydrogen-bond acceptors (Lipinski definition) is 3. The number of ether oxygens (including phenoxy) is 1. The normalized spacial score (nSPS) is 25.1. The first-order chi connectivity index (χ1) is 9.48. The molecule has 2 unspecified atom stereocenters. The van der Waals surface area contributed by atoms with Gasteiger partial charge in [0.05, 0.1) is 31.1 Å². The molecule has 4 nitrogen and oxygen atoms in total. The van der Waals surface area contributed by atoms with Crippen LogP contribution in [-0.2, 0) is 10.3 Å². The summed E-state index contributed by atoms with van der Waals surface area (Å²) in [5, 5.41) is 13.8. The second-order valence-electron chi connectivity index (χ2n) is 5.87. The molecule has 20 heavy (non-hydrogen) atoms. The van der Waals surface area contributed by atoms with Crippen molar-refractivity contribution in [3.05, 3.63) is 17.5 Å². The fourth-order valence-electron chi connectivity index (χ4n) is 2.88. The summed E-state index contributed by atoms with van der Waals surface area (Å²) in [7, 11) is 0. The van der Waals surface area contributed by atoms with Gasteiger partial charge < -0.3 is 9.84 Å². The molecule has 0 bridgehead atoms. The van der Waals surface area contributed by atoms with E-state index >= 15 is 0 Å². The predicted molar refractivity (Wildman–Crippen MR) is 81.8 cm³/mol. The molecule has 0 amide bonds. The Balaban J connectivity index is 0.000000612. The molecule has 0 saturated carbocycles. The van der Waals surface area contributed by atoms with E-state index in [0.717, 1.165) is 17.7 Å². The van der Waals surface area contributed by atoms with Crippen molar-refractivity contribution in [2.75, 3.05) is 13.2 Å². The van der Waals surface area contributed by atoms with E-state index in [4.69, 9.17) is 4.74 Å². The second-order valence-corrected chi connectivity index (χ2v) is 5.87. The van der Waals surface area contributed by atoms with Crippen molar-refractivity contribution in [2.45, 2.75) is 66.0 Å². The third-order valence-corrected chi connectivity index (χ3v) is 3.93. The molecular formula is C16H30N2O2. The van der Waals surface area contributed by atoms with E-state index in [1.54, 1.807) is 0 Å². The summed E-state index contributed by atoms with van der Waals surface area (Å²) < 4.78 is 8.09. The van der Waals surface area contributed by atoms with Gasteiger partial charge in [0.15, 0.2) is 0 Å². The third-order valence-electron chi connectivity index (χ3n) is 3.93. The highest BCUT2D eigenvalue weighted by Gasteiger charge is 2.44. The van der Waals surface area contributed by atoms with Crippen molar-refractivity contribution in [1.29, 1.82) is 0 Å². The maximum Gasteiger partial charge on any atom is 0.112 e. The van der Waals surface area contributed by atoms with Crippen LogP contribution in [-0.4, -0.2) is 28.1 Å². The van der Waals surface area contributed by atoms with Crippen LogP contribution in [0.25, 0.3) is 0 Å². The fraction of sp³-hybridized carbons (Fsp3) is 0.812. The highest BCUT2D eigenvalue weighted by Crippen LogP contribution is 2.42. The van der Waals surface area contributed by atoms with Crippen LogP contribution in [0.15, 0.2) is 6.20 Å². The molecule has 1 aromatic heterocycles. The Morgan fingerprint density at radius 1 is 1.45 bits per heavy atom. The van der Waals surface area contributed by atoms with Crippen molar-refractivity contribution in [3.8, 4) is 0 Å².